The van der Waals surface area contributed by atoms with Crippen LogP contribution in [-0.2, 0) is 9.53 Å². The molecule has 3 rings (SSSR count). The van der Waals surface area contributed by atoms with E-state index in [0.717, 1.165) is 28.2 Å². The Kier molecular flexibility index (Phi) is 5.92. The summed E-state index contributed by atoms with van der Waals surface area (Å²) >= 11 is 0. The predicted octanol–water partition coefficient (Wildman–Crippen LogP) is 4.47. The van der Waals surface area contributed by atoms with E-state index in [0.29, 0.717) is 16.6 Å². The molecule has 1 heterocycles. The first-order valence-electron chi connectivity index (χ1n) is 9.57. The number of carbonyl (C=O) groups is 2. The van der Waals surface area contributed by atoms with E-state index in [9.17, 15) is 9.59 Å². The molecule has 0 unspecified atom stereocenters. The van der Waals surface area contributed by atoms with Gasteiger partial charge in [0, 0.05) is 5.69 Å². The molecule has 0 fully saturated rings. The molecule has 0 atom stereocenters. The smallest absolute Gasteiger partial charge is 0.338 e. The lowest BCUT2D eigenvalue weighted by atomic mass is 9.98. The van der Waals surface area contributed by atoms with Crippen molar-refractivity contribution in [3.8, 4) is 0 Å². The highest BCUT2D eigenvalue weighted by Crippen LogP contribution is 2.27. The first-order valence-corrected chi connectivity index (χ1v) is 9.57. The van der Waals surface area contributed by atoms with Crippen molar-refractivity contribution in [3.63, 3.8) is 0 Å². The van der Waals surface area contributed by atoms with Gasteiger partial charge in [0.2, 0.25) is 0 Å². The maximum atomic E-state index is 12.4. The van der Waals surface area contributed by atoms with Gasteiger partial charge in [-0.25, -0.2) is 14.8 Å². The molecule has 0 aliphatic heterocycles. The number of esters is 1. The highest BCUT2D eigenvalue weighted by atomic mass is 16.5. The molecule has 6 nitrogen and oxygen atoms in total. The Morgan fingerprint density at radius 2 is 1.69 bits per heavy atom. The van der Waals surface area contributed by atoms with Crippen LogP contribution >= 0.6 is 0 Å². The quantitative estimate of drug-likeness (QED) is 0.649. The highest BCUT2D eigenvalue weighted by molar-refractivity contribution is 5.97. The van der Waals surface area contributed by atoms with Crippen LogP contribution in [0.25, 0.3) is 11.0 Å². The maximum Gasteiger partial charge on any atom is 0.338 e. The number of ether oxygens (including phenoxy) is 1. The molecule has 1 N–H and O–H groups in total. The van der Waals surface area contributed by atoms with Gasteiger partial charge in [-0.05, 0) is 56.0 Å². The zero-order chi connectivity index (χ0) is 21.1. The molecule has 29 heavy (non-hydrogen) atoms. The Labute approximate surface area is 170 Å². The first-order chi connectivity index (χ1) is 13.8. The Balaban J connectivity index is 1.69. The maximum absolute atomic E-state index is 12.4. The fraction of sp³-hybridized carbons (Fsp3) is 0.304. The van der Waals surface area contributed by atoms with Gasteiger partial charge in [0.05, 0.1) is 28.0 Å². The van der Waals surface area contributed by atoms with E-state index < -0.39 is 5.97 Å². The van der Waals surface area contributed by atoms with Gasteiger partial charge in [0.1, 0.15) is 0 Å². The van der Waals surface area contributed by atoms with Crippen molar-refractivity contribution in [1.82, 2.24) is 9.97 Å². The summed E-state index contributed by atoms with van der Waals surface area (Å²) in [4.78, 5) is 33.7. The van der Waals surface area contributed by atoms with E-state index in [1.807, 2.05) is 39.0 Å². The Hall–Kier alpha value is -3.28. The number of fused-ring (bicyclic) bond motifs is 1. The zero-order valence-corrected chi connectivity index (χ0v) is 17.4. The van der Waals surface area contributed by atoms with Gasteiger partial charge in [0.15, 0.2) is 6.61 Å². The molecule has 3 aromatic rings. The predicted molar refractivity (Wildman–Crippen MR) is 113 cm³/mol. The van der Waals surface area contributed by atoms with Gasteiger partial charge in [-0.15, -0.1) is 0 Å². The van der Waals surface area contributed by atoms with Crippen LogP contribution in [0.15, 0.2) is 36.4 Å². The zero-order valence-electron chi connectivity index (χ0n) is 17.4. The average Bonchev–Trinajstić information content (AvgIpc) is 2.68. The number of benzene rings is 2. The number of hydrogen-bond acceptors (Lipinski definition) is 5. The Morgan fingerprint density at radius 3 is 2.38 bits per heavy atom. The van der Waals surface area contributed by atoms with Crippen molar-refractivity contribution in [2.24, 2.45) is 0 Å². The molecule has 0 aliphatic carbocycles. The summed E-state index contributed by atoms with van der Waals surface area (Å²) in [5.74, 6) is -0.684. The second-order valence-corrected chi connectivity index (χ2v) is 7.42. The van der Waals surface area contributed by atoms with Gasteiger partial charge >= 0.3 is 5.97 Å². The summed E-state index contributed by atoms with van der Waals surface area (Å²) in [5.41, 5.74) is 6.11. The SMILES string of the molecule is Cc1cccc(C(C)C)c1NC(=O)COC(=O)c1ccc2nc(C)c(C)nc2c1. The fourth-order valence-corrected chi connectivity index (χ4v) is 3.09. The van der Waals surface area contributed by atoms with Crippen molar-refractivity contribution in [1.29, 1.82) is 0 Å². The third-order valence-electron chi connectivity index (χ3n) is 4.84. The molecule has 1 aromatic heterocycles. The fourth-order valence-electron chi connectivity index (χ4n) is 3.09. The minimum atomic E-state index is -0.573. The van der Waals surface area contributed by atoms with Crippen LogP contribution in [0.4, 0.5) is 5.69 Å². The normalized spacial score (nSPS) is 11.0. The third kappa shape index (κ3) is 4.59. The second kappa shape index (κ2) is 8.39. The van der Waals surface area contributed by atoms with E-state index in [-0.39, 0.29) is 18.4 Å². The molecule has 0 aliphatic rings. The van der Waals surface area contributed by atoms with E-state index in [1.54, 1.807) is 18.2 Å². The Bertz CT molecular complexity index is 1090. The van der Waals surface area contributed by atoms with Crippen LogP contribution in [0.1, 0.15) is 52.6 Å². The van der Waals surface area contributed by atoms with Crippen molar-refractivity contribution in [2.45, 2.75) is 40.5 Å². The number of hydrogen-bond donors (Lipinski definition) is 1. The van der Waals surface area contributed by atoms with Gasteiger partial charge in [-0.2, -0.15) is 0 Å². The van der Waals surface area contributed by atoms with E-state index in [2.05, 4.69) is 29.1 Å². The molecule has 0 bridgehead atoms. The summed E-state index contributed by atoms with van der Waals surface area (Å²) in [6.07, 6.45) is 0. The molecule has 1 amide bonds. The van der Waals surface area contributed by atoms with Crippen LogP contribution in [-0.4, -0.2) is 28.5 Å². The number of anilines is 1. The highest BCUT2D eigenvalue weighted by Gasteiger charge is 2.15. The summed E-state index contributed by atoms with van der Waals surface area (Å²) in [6, 6.07) is 10.9. The van der Waals surface area contributed by atoms with Crippen molar-refractivity contribution in [2.75, 3.05) is 11.9 Å². The van der Waals surface area contributed by atoms with E-state index >= 15 is 0 Å². The van der Waals surface area contributed by atoms with Crippen LogP contribution in [0, 0.1) is 20.8 Å². The number of amides is 1. The monoisotopic (exact) mass is 391 g/mol. The molecule has 0 radical (unpaired) electrons. The van der Waals surface area contributed by atoms with E-state index in [1.165, 1.54) is 0 Å². The number of nitrogens with zero attached hydrogens (tertiary/aromatic N) is 2. The lowest BCUT2D eigenvalue weighted by Gasteiger charge is -2.16. The topological polar surface area (TPSA) is 81.2 Å². The first kappa shape index (κ1) is 20.5. The molecular weight excluding hydrogens is 366 g/mol. The number of nitrogens with one attached hydrogen (secondary N) is 1. The van der Waals surface area contributed by atoms with Crippen molar-refractivity contribution in [3.05, 3.63) is 64.5 Å². The standard InChI is InChI=1S/C23H25N3O3/c1-13(2)18-8-6-7-14(3)22(18)26-21(27)12-29-23(28)17-9-10-19-20(11-17)25-16(5)15(4)24-19/h6-11,13H,12H2,1-5H3,(H,26,27). The van der Waals surface area contributed by atoms with Gasteiger partial charge in [-0.1, -0.05) is 32.0 Å². The van der Waals surface area contributed by atoms with Crippen molar-refractivity contribution < 1.29 is 14.3 Å². The van der Waals surface area contributed by atoms with Crippen LogP contribution in [0.2, 0.25) is 0 Å². The number of rotatable bonds is 5. The average molecular weight is 391 g/mol. The van der Waals surface area contributed by atoms with Crippen molar-refractivity contribution >= 4 is 28.6 Å². The molecule has 150 valence electrons. The lowest BCUT2D eigenvalue weighted by molar-refractivity contribution is -0.119. The Morgan fingerprint density at radius 1 is 1.00 bits per heavy atom. The summed E-state index contributed by atoms with van der Waals surface area (Å²) in [7, 11) is 0. The minimum Gasteiger partial charge on any atom is -0.452 e. The molecule has 0 saturated heterocycles. The third-order valence-corrected chi connectivity index (χ3v) is 4.84. The molecule has 6 heteroatoms. The molecule has 2 aromatic carbocycles. The van der Waals surface area contributed by atoms with Gasteiger partial charge < -0.3 is 10.1 Å². The summed E-state index contributed by atoms with van der Waals surface area (Å²) in [6.45, 7) is 9.47. The lowest BCUT2D eigenvalue weighted by Crippen LogP contribution is -2.22. The number of carbonyl (C=O) groups excluding carboxylic acids is 2. The largest absolute Gasteiger partial charge is 0.452 e. The molecule has 0 spiro atoms. The van der Waals surface area contributed by atoms with Gasteiger partial charge in [0.25, 0.3) is 5.91 Å². The number of aromatic nitrogens is 2. The van der Waals surface area contributed by atoms with Crippen LogP contribution in [0.5, 0.6) is 0 Å². The number of aryl methyl sites for hydroxylation is 3. The van der Waals surface area contributed by atoms with Gasteiger partial charge in [-0.3, -0.25) is 4.79 Å². The number of para-hydroxylation sites is 1. The molecular formula is C23H25N3O3. The molecule has 0 saturated carbocycles. The van der Waals surface area contributed by atoms with Crippen LogP contribution in [0.3, 0.4) is 0 Å². The second-order valence-electron chi connectivity index (χ2n) is 7.42. The minimum absolute atomic E-state index is 0.263. The van der Waals surface area contributed by atoms with E-state index in [4.69, 9.17) is 4.74 Å². The summed E-state index contributed by atoms with van der Waals surface area (Å²) < 4.78 is 5.21. The summed E-state index contributed by atoms with van der Waals surface area (Å²) in [5, 5.41) is 2.87. The van der Waals surface area contributed by atoms with Crippen LogP contribution < -0.4 is 5.32 Å².